The number of aromatic carboxylic acids is 1. The van der Waals surface area contributed by atoms with Crippen LogP contribution in [0.15, 0.2) is 24.3 Å². The first-order chi connectivity index (χ1) is 9.85. The van der Waals surface area contributed by atoms with Gasteiger partial charge in [0.25, 0.3) is 0 Å². The van der Waals surface area contributed by atoms with E-state index in [9.17, 15) is 14.4 Å². The molecule has 1 aliphatic heterocycles. The number of carboxylic acids is 1. The van der Waals surface area contributed by atoms with Crippen LogP contribution in [-0.2, 0) is 16.0 Å². The van der Waals surface area contributed by atoms with Crippen LogP contribution in [0, 0.1) is 17.3 Å². The molecule has 2 amide bonds. The Morgan fingerprint density at radius 3 is 2.33 bits per heavy atom. The van der Waals surface area contributed by atoms with Crippen molar-refractivity contribution in [3.05, 3.63) is 35.4 Å². The van der Waals surface area contributed by atoms with Crippen molar-refractivity contribution in [3.63, 3.8) is 0 Å². The first-order valence-corrected chi connectivity index (χ1v) is 7.02. The molecule has 1 aromatic carbocycles. The van der Waals surface area contributed by atoms with Gasteiger partial charge in [-0.25, -0.2) is 4.79 Å². The van der Waals surface area contributed by atoms with Crippen molar-refractivity contribution >= 4 is 17.8 Å². The predicted molar refractivity (Wildman–Crippen MR) is 74.6 cm³/mol. The molecule has 3 rings (SSSR count). The van der Waals surface area contributed by atoms with Gasteiger partial charge in [-0.1, -0.05) is 32.0 Å². The van der Waals surface area contributed by atoms with Gasteiger partial charge >= 0.3 is 5.97 Å². The summed E-state index contributed by atoms with van der Waals surface area (Å²) in [5, 5.41) is 9.13. The quantitative estimate of drug-likeness (QED) is 0.853. The molecule has 5 heteroatoms. The molecule has 2 aliphatic rings. The van der Waals surface area contributed by atoms with E-state index in [4.69, 9.17) is 5.11 Å². The number of likely N-dealkylation sites (tertiary alicyclic amines) is 1. The summed E-state index contributed by atoms with van der Waals surface area (Å²) in [6.45, 7) is 4.13. The number of fused-ring (bicyclic) bond motifs is 1. The number of carboxylic acid groups (broad SMARTS) is 1. The van der Waals surface area contributed by atoms with Gasteiger partial charge in [-0.2, -0.15) is 0 Å². The molecule has 0 spiro atoms. The fourth-order valence-corrected chi connectivity index (χ4v) is 3.40. The Morgan fingerprint density at radius 2 is 1.76 bits per heavy atom. The van der Waals surface area contributed by atoms with E-state index < -0.39 is 5.97 Å². The molecule has 0 bridgehead atoms. The Hall–Kier alpha value is -2.17. The minimum Gasteiger partial charge on any atom is -0.478 e. The van der Waals surface area contributed by atoms with Crippen molar-refractivity contribution in [1.82, 2.24) is 4.90 Å². The van der Waals surface area contributed by atoms with E-state index >= 15 is 0 Å². The first kappa shape index (κ1) is 13.8. The zero-order valence-electron chi connectivity index (χ0n) is 12.0. The van der Waals surface area contributed by atoms with Gasteiger partial charge in [0.15, 0.2) is 0 Å². The SMILES string of the molecule is CC1(C)C2C(=O)N(CCc3ccccc3C(=O)O)C(=O)C21. The van der Waals surface area contributed by atoms with Gasteiger partial charge in [-0.05, 0) is 23.5 Å². The first-order valence-electron chi connectivity index (χ1n) is 7.02. The number of amides is 2. The normalized spacial score (nSPS) is 25.9. The number of benzene rings is 1. The summed E-state index contributed by atoms with van der Waals surface area (Å²) in [6.07, 6.45) is 0.375. The van der Waals surface area contributed by atoms with Crippen molar-refractivity contribution in [2.75, 3.05) is 6.54 Å². The van der Waals surface area contributed by atoms with Gasteiger partial charge in [-0.15, -0.1) is 0 Å². The lowest BCUT2D eigenvalue weighted by molar-refractivity contribution is -0.142. The smallest absolute Gasteiger partial charge is 0.335 e. The second-order valence-electron chi connectivity index (χ2n) is 6.32. The number of nitrogens with zero attached hydrogens (tertiary/aromatic N) is 1. The topological polar surface area (TPSA) is 74.7 Å². The third-order valence-corrected chi connectivity index (χ3v) is 4.74. The van der Waals surface area contributed by atoms with E-state index in [1.807, 2.05) is 13.8 Å². The van der Waals surface area contributed by atoms with Crippen LogP contribution in [-0.4, -0.2) is 34.3 Å². The molecular weight excluding hydrogens is 270 g/mol. The summed E-state index contributed by atoms with van der Waals surface area (Å²) in [7, 11) is 0. The average molecular weight is 287 g/mol. The number of carbonyl (C=O) groups is 3. The van der Waals surface area contributed by atoms with E-state index in [0.717, 1.165) is 0 Å². The predicted octanol–water partition coefficient (Wildman–Crippen LogP) is 1.57. The van der Waals surface area contributed by atoms with Crippen LogP contribution in [0.4, 0.5) is 0 Å². The molecule has 21 heavy (non-hydrogen) atoms. The third kappa shape index (κ3) is 1.95. The molecule has 1 aromatic rings. The van der Waals surface area contributed by atoms with Crippen LogP contribution >= 0.6 is 0 Å². The van der Waals surface area contributed by atoms with E-state index in [1.165, 1.54) is 11.0 Å². The molecule has 110 valence electrons. The molecule has 5 nitrogen and oxygen atoms in total. The Bertz CT molecular complexity index is 625. The molecule has 2 unspecified atom stereocenters. The average Bonchev–Trinajstić information content (AvgIpc) is 2.89. The maximum absolute atomic E-state index is 12.2. The van der Waals surface area contributed by atoms with Crippen LogP contribution in [0.3, 0.4) is 0 Å². The number of rotatable bonds is 4. The highest BCUT2D eigenvalue weighted by Gasteiger charge is 2.72. The minimum absolute atomic E-state index is 0.109. The second-order valence-corrected chi connectivity index (χ2v) is 6.32. The van der Waals surface area contributed by atoms with Gasteiger partial charge < -0.3 is 5.11 Å². The zero-order chi connectivity index (χ0) is 15.4. The summed E-state index contributed by atoms with van der Waals surface area (Å²) in [6, 6.07) is 6.68. The highest BCUT2D eigenvalue weighted by molar-refractivity contribution is 6.10. The summed E-state index contributed by atoms with van der Waals surface area (Å²) in [5.41, 5.74) is 0.663. The summed E-state index contributed by atoms with van der Waals surface area (Å²) in [4.78, 5) is 36.8. The molecule has 2 atom stereocenters. The minimum atomic E-state index is -0.992. The van der Waals surface area contributed by atoms with Gasteiger partial charge in [0, 0.05) is 6.54 Å². The number of imide groups is 1. The largest absolute Gasteiger partial charge is 0.478 e. The summed E-state index contributed by atoms with van der Waals surface area (Å²) >= 11 is 0. The van der Waals surface area contributed by atoms with E-state index in [0.29, 0.717) is 12.0 Å². The third-order valence-electron chi connectivity index (χ3n) is 4.74. The molecule has 1 aliphatic carbocycles. The van der Waals surface area contributed by atoms with Gasteiger partial charge in [0.1, 0.15) is 0 Å². The fraction of sp³-hybridized carbons (Fsp3) is 0.438. The zero-order valence-corrected chi connectivity index (χ0v) is 12.0. The Balaban J connectivity index is 1.72. The highest BCUT2D eigenvalue weighted by atomic mass is 16.4. The van der Waals surface area contributed by atoms with Crippen LogP contribution in [0.25, 0.3) is 0 Å². The van der Waals surface area contributed by atoms with Crippen molar-refractivity contribution in [2.45, 2.75) is 20.3 Å². The van der Waals surface area contributed by atoms with Crippen molar-refractivity contribution in [3.8, 4) is 0 Å². The molecule has 1 saturated heterocycles. The number of carbonyl (C=O) groups excluding carboxylic acids is 2. The fourth-order valence-electron chi connectivity index (χ4n) is 3.40. The van der Waals surface area contributed by atoms with Crippen LogP contribution < -0.4 is 0 Å². The van der Waals surface area contributed by atoms with Crippen molar-refractivity contribution < 1.29 is 19.5 Å². The molecule has 2 fully saturated rings. The Kier molecular flexibility index (Phi) is 2.90. The van der Waals surface area contributed by atoms with Gasteiger partial charge in [0.05, 0.1) is 17.4 Å². The lowest BCUT2D eigenvalue weighted by Crippen LogP contribution is -2.37. The molecule has 1 saturated carbocycles. The number of hydrogen-bond donors (Lipinski definition) is 1. The van der Waals surface area contributed by atoms with Crippen molar-refractivity contribution in [2.24, 2.45) is 17.3 Å². The maximum atomic E-state index is 12.2. The van der Waals surface area contributed by atoms with Crippen LogP contribution in [0.5, 0.6) is 0 Å². The molecule has 1 heterocycles. The lowest BCUT2D eigenvalue weighted by Gasteiger charge is -2.20. The van der Waals surface area contributed by atoms with Gasteiger partial charge in [0.2, 0.25) is 11.8 Å². The van der Waals surface area contributed by atoms with E-state index in [1.54, 1.807) is 18.2 Å². The Morgan fingerprint density at radius 1 is 1.19 bits per heavy atom. The monoisotopic (exact) mass is 287 g/mol. The van der Waals surface area contributed by atoms with Crippen molar-refractivity contribution in [1.29, 1.82) is 0 Å². The highest BCUT2D eigenvalue weighted by Crippen LogP contribution is 2.63. The van der Waals surface area contributed by atoms with E-state index in [2.05, 4.69) is 0 Å². The number of piperidine rings is 1. The standard InChI is InChI=1S/C16H17NO4/c1-16(2)11-12(16)14(19)17(13(11)18)8-7-9-5-3-4-6-10(9)15(20)21/h3-6,11-12H,7-8H2,1-2H3,(H,20,21). The van der Waals surface area contributed by atoms with Gasteiger partial charge in [-0.3, -0.25) is 14.5 Å². The second kappa shape index (κ2) is 4.41. The van der Waals surface area contributed by atoms with E-state index in [-0.39, 0.29) is 41.2 Å². The summed E-state index contributed by atoms with van der Waals surface area (Å²) in [5.74, 6) is -1.57. The summed E-state index contributed by atoms with van der Waals surface area (Å²) < 4.78 is 0. The maximum Gasteiger partial charge on any atom is 0.335 e. The van der Waals surface area contributed by atoms with Crippen LogP contribution in [0.2, 0.25) is 0 Å². The molecule has 1 N–H and O–H groups in total. The van der Waals surface area contributed by atoms with Crippen LogP contribution in [0.1, 0.15) is 29.8 Å². The molecule has 0 radical (unpaired) electrons. The number of hydrogen-bond acceptors (Lipinski definition) is 3. The Labute approximate surface area is 122 Å². The molecular formula is C16H17NO4. The molecule has 0 aromatic heterocycles. The lowest BCUT2D eigenvalue weighted by atomic mass is 10.0.